The topological polar surface area (TPSA) is 0 Å². The van der Waals surface area contributed by atoms with Crippen LogP contribution in [0.15, 0.2) is 60.7 Å². The third kappa shape index (κ3) is 1.95. The van der Waals surface area contributed by atoms with Gasteiger partial charge in [0.25, 0.3) is 0 Å². The van der Waals surface area contributed by atoms with E-state index in [0.29, 0.717) is 0 Å². The van der Waals surface area contributed by atoms with Gasteiger partial charge in [-0.25, -0.2) is 4.39 Å². The van der Waals surface area contributed by atoms with Crippen LogP contribution < -0.4 is 0 Å². The molecule has 5 rings (SSSR count). The molecular weight excluding hydrogens is 303 g/mol. The normalized spacial score (nSPS) is 11.9. The van der Waals surface area contributed by atoms with Crippen molar-refractivity contribution in [3.8, 4) is 0 Å². The van der Waals surface area contributed by atoms with Crippen molar-refractivity contribution in [1.82, 2.24) is 0 Å². The smallest absolute Gasteiger partial charge is 0.123 e. The van der Waals surface area contributed by atoms with Gasteiger partial charge in [0.1, 0.15) is 5.82 Å². The van der Waals surface area contributed by atoms with E-state index < -0.39 is 0 Å². The largest absolute Gasteiger partial charge is 0.207 e. The van der Waals surface area contributed by atoms with E-state index in [2.05, 4.69) is 49.4 Å². The molecular formula is C21H13FS. The van der Waals surface area contributed by atoms with E-state index in [0.717, 1.165) is 10.8 Å². The molecule has 110 valence electrons. The molecule has 0 aliphatic heterocycles. The summed E-state index contributed by atoms with van der Waals surface area (Å²) in [6.07, 6.45) is 0. The van der Waals surface area contributed by atoms with E-state index in [4.69, 9.17) is 0 Å². The molecule has 0 nitrogen and oxygen atoms in total. The maximum atomic E-state index is 13.5. The molecule has 0 aliphatic carbocycles. The second kappa shape index (κ2) is 4.53. The van der Waals surface area contributed by atoms with E-state index in [9.17, 15) is 4.39 Å². The molecule has 0 fully saturated rings. The number of aryl methyl sites for hydroxylation is 1. The van der Waals surface area contributed by atoms with Gasteiger partial charge in [-0.1, -0.05) is 29.8 Å². The number of hydrogen-bond donors (Lipinski definition) is 0. The second-order valence-electron chi connectivity index (χ2n) is 6.14. The minimum atomic E-state index is -0.181. The van der Waals surface area contributed by atoms with Crippen molar-refractivity contribution in [2.75, 3.05) is 0 Å². The number of fused-ring (bicyclic) bond motifs is 5. The van der Waals surface area contributed by atoms with Crippen LogP contribution in [-0.4, -0.2) is 0 Å². The molecule has 23 heavy (non-hydrogen) atoms. The molecule has 0 radical (unpaired) electrons. The summed E-state index contributed by atoms with van der Waals surface area (Å²) in [5.74, 6) is -0.181. The molecule has 4 aromatic carbocycles. The Labute approximate surface area is 136 Å². The summed E-state index contributed by atoms with van der Waals surface area (Å²) in [6.45, 7) is 2.12. The fourth-order valence-electron chi connectivity index (χ4n) is 3.35. The third-order valence-electron chi connectivity index (χ3n) is 4.50. The average molecular weight is 316 g/mol. The minimum absolute atomic E-state index is 0.181. The van der Waals surface area contributed by atoms with Gasteiger partial charge in [0.05, 0.1) is 0 Å². The standard InChI is InChI=1S/C21H13FS/c1-12-2-3-13-8-18-19-9-14-4-5-17(22)7-16(14)11-21(19)23-20(18)10-15(13)6-12/h2-11H,1H3. The number of thiophene rings is 1. The van der Waals surface area contributed by atoms with Crippen molar-refractivity contribution < 1.29 is 4.39 Å². The second-order valence-corrected chi connectivity index (χ2v) is 7.22. The van der Waals surface area contributed by atoms with Crippen molar-refractivity contribution >= 4 is 53.1 Å². The Hall–Kier alpha value is -2.45. The third-order valence-corrected chi connectivity index (χ3v) is 5.62. The first kappa shape index (κ1) is 13.0. The highest BCUT2D eigenvalue weighted by Gasteiger charge is 2.08. The lowest BCUT2D eigenvalue weighted by molar-refractivity contribution is 0.630. The summed E-state index contributed by atoms with van der Waals surface area (Å²) in [5.41, 5.74) is 1.28. The Kier molecular flexibility index (Phi) is 2.56. The highest BCUT2D eigenvalue weighted by atomic mass is 32.1. The zero-order valence-electron chi connectivity index (χ0n) is 12.6. The molecule has 0 aliphatic rings. The van der Waals surface area contributed by atoms with Crippen molar-refractivity contribution in [1.29, 1.82) is 0 Å². The molecule has 1 aromatic heterocycles. The number of halogens is 1. The molecule has 1 heterocycles. The predicted octanol–water partition coefficient (Wildman–Crippen LogP) is 6.81. The van der Waals surface area contributed by atoms with Crippen LogP contribution in [0.4, 0.5) is 4.39 Å². The predicted molar refractivity (Wildman–Crippen MR) is 99.0 cm³/mol. The van der Waals surface area contributed by atoms with E-state index in [1.807, 2.05) is 6.07 Å². The number of hydrogen-bond acceptors (Lipinski definition) is 1. The van der Waals surface area contributed by atoms with Gasteiger partial charge >= 0.3 is 0 Å². The Bertz CT molecular complexity index is 1130. The molecule has 2 heteroatoms. The van der Waals surface area contributed by atoms with Crippen LogP contribution in [0.2, 0.25) is 0 Å². The summed E-state index contributed by atoms with van der Waals surface area (Å²) >= 11 is 1.78. The average Bonchev–Trinajstić information content (AvgIpc) is 2.86. The minimum Gasteiger partial charge on any atom is -0.207 e. The molecule has 0 N–H and O–H groups in total. The SMILES string of the molecule is Cc1ccc2cc3c(cc2c1)sc1cc2cc(F)ccc2cc13. The maximum Gasteiger partial charge on any atom is 0.123 e. The molecule has 5 aromatic rings. The monoisotopic (exact) mass is 316 g/mol. The highest BCUT2D eigenvalue weighted by Crippen LogP contribution is 2.38. The molecule has 0 atom stereocenters. The number of rotatable bonds is 0. The van der Waals surface area contributed by atoms with E-state index in [1.54, 1.807) is 17.4 Å². The summed E-state index contributed by atoms with van der Waals surface area (Å²) in [7, 11) is 0. The molecule has 0 spiro atoms. The van der Waals surface area contributed by atoms with Crippen LogP contribution in [0.5, 0.6) is 0 Å². The lowest BCUT2D eigenvalue weighted by atomic mass is 10.0. The first-order valence-corrected chi connectivity index (χ1v) is 8.45. The fourth-order valence-corrected chi connectivity index (χ4v) is 4.52. The first-order chi connectivity index (χ1) is 11.2. The zero-order chi connectivity index (χ0) is 15.6. The Balaban J connectivity index is 1.94. The van der Waals surface area contributed by atoms with E-state index in [-0.39, 0.29) is 5.82 Å². The summed E-state index contributed by atoms with van der Waals surface area (Å²) in [5, 5.41) is 7.13. The molecule has 0 unspecified atom stereocenters. The molecule has 0 bridgehead atoms. The summed E-state index contributed by atoms with van der Waals surface area (Å²) < 4.78 is 16.0. The molecule has 0 saturated heterocycles. The lowest BCUT2D eigenvalue weighted by Crippen LogP contribution is -1.77. The first-order valence-electron chi connectivity index (χ1n) is 7.63. The van der Waals surface area contributed by atoms with Crippen molar-refractivity contribution in [2.24, 2.45) is 0 Å². The van der Waals surface area contributed by atoms with Crippen LogP contribution in [0, 0.1) is 12.7 Å². The van der Waals surface area contributed by atoms with Crippen LogP contribution in [-0.2, 0) is 0 Å². The van der Waals surface area contributed by atoms with E-state index in [1.165, 1.54) is 42.6 Å². The van der Waals surface area contributed by atoms with Gasteiger partial charge in [0.15, 0.2) is 0 Å². The van der Waals surface area contributed by atoms with Gasteiger partial charge in [-0.15, -0.1) is 11.3 Å². The van der Waals surface area contributed by atoms with Crippen LogP contribution in [0.3, 0.4) is 0 Å². The fraction of sp³-hybridized carbons (Fsp3) is 0.0476. The van der Waals surface area contributed by atoms with Crippen molar-refractivity contribution in [3.63, 3.8) is 0 Å². The van der Waals surface area contributed by atoms with Crippen LogP contribution in [0.25, 0.3) is 41.7 Å². The van der Waals surface area contributed by atoms with Crippen LogP contribution >= 0.6 is 11.3 Å². The Morgan fingerprint density at radius 1 is 0.652 bits per heavy atom. The van der Waals surface area contributed by atoms with E-state index >= 15 is 0 Å². The van der Waals surface area contributed by atoms with Gasteiger partial charge in [-0.05, 0) is 64.9 Å². The van der Waals surface area contributed by atoms with Gasteiger partial charge < -0.3 is 0 Å². The van der Waals surface area contributed by atoms with Gasteiger partial charge in [0.2, 0.25) is 0 Å². The van der Waals surface area contributed by atoms with Gasteiger partial charge in [-0.2, -0.15) is 0 Å². The molecule has 0 saturated carbocycles. The maximum absolute atomic E-state index is 13.5. The van der Waals surface area contributed by atoms with Crippen LogP contribution in [0.1, 0.15) is 5.56 Å². The molecule has 0 amide bonds. The number of benzene rings is 4. The zero-order valence-corrected chi connectivity index (χ0v) is 13.4. The Morgan fingerprint density at radius 2 is 1.26 bits per heavy atom. The highest BCUT2D eigenvalue weighted by molar-refractivity contribution is 7.26. The van der Waals surface area contributed by atoms with Gasteiger partial charge in [0, 0.05) is 20.2 Å². The summed E-state index contributed by atoms with van der Waals surface area (Å²) in [4.78, 5) is 0. The summed E-state index contributed by atoms with van der Waals surface area (Å²) in [6, 6.07) is 20.4. The van der Waals surface area contributed by atoms with Gasteiger partial charge in [-0.3, -0.25) is 0 Å². The van der Waals surface area contributed by atoms with Crippen molar-refractivity contribution in [2.45, 2.75) is 6.92 Å². The lowest BCUT2D eigenvalue weighted by Gasteiger charge is -2.01. The Morgan fingerprint density at radius 3 is 1.96 bits per heavy atom. The quantitative estimate of drug-likeness (QED) is 0.294. The van der Waals surface area contributed by atoms with Crippen molar-refractivity contribution in [3.05, 3.63) is 72.0 Å².